The van der Waals surface area contributed by atoms with E-state index in [1.165, 1.54) is 0 Å². The fourth-order valence-electron chi connectivity index (χ4n) is 1.49. The minimum absolute atomic E-state index is 0.0116. The van der Waals surface area contributed by atoms with Crippen LogP contribution in [0.15, 0.2) is 29.5 Å². The van der Waals surface area contributed by atoms with Crippen LogP contribution in [0.3, 0.4) is 0 Å². The van der Waals surface area contributed by atoms with Gasteiger partial charge in [-0.15, -0.1) is 0 Å². The van der Waals surface area contributed by atoms with E-state index in [0.717, 1.165) is 6.42 Å². The molecular formula is C11H13N3O. The lowest BCUT2D eigenvalue weighted by Crippen LogP contribution is -2.23. The van der Waals surface area contributed by atoms with E-state index >= 15 is 0 Å². The van der Waals surface area contributed by atoms with Crippen molar-refractivity contribution in [3.05, 3.63) is 35.0 Å². The number of aromatic nitrogens is 3. The molecule has 4 nitrogen and oxygen atoms in total. The van der Waals surface area contributed by atoms with E-state index in [9.17, 15) is 4.79 Å². The van der Waals surface area contributed by atoms with Crippen LogP contribution >= 0.6 is 0 Å². The number of hydrogen-bond acceptors (Lipinski definition) is 3. The van der Waals surface area contributed by atoms with E-state index in [2.05, 4.69) is 9.97 Å². The van der Waals surface area contributed by atoms with E-state index in [4.69, 9.17) is 0 Å². The fourth-order valence-corrected chi connectivity index (χ4v) is 1.49. The normalized spacial score (nSPS) is 12.9. The zero-order chi connectivity index (χ0) is 10.8. The minimum Gasteiger partial charge on any atom is -0.296 e. The van der Waals surface area contributed by atoms with Crippen molar-refractivity contribution in [1.82, 2.24) is 14.5 Å². The molecule has 2 aromatic heterocycles. The molecule has 0 bridgehead atoms. The SMILES string of the molecule is CCC(C)n1cnc2ncccc2c1=O. The standard InChI is InChI=1S/C11H13N3O/c1-3-8(2)14-7-13-10-9(11(14)15)5-4-6-12-10/h4-8H,3H2,1-2H3. The molecule has 0 amide bonds. The highest BCUT2D eigenvalue weighted by molar-refractivity contribution is 5.72. The Balaban J connectivity index is 2.71. The van der Waals surface area contributed by atoms with Gasteiger partial charge in [0.15, 0.2) is 5.65 Å². The van der Waals surface area contributed by atoms with Gasteiger partial charge in [0.25, 0.3) is 5.56 Å². The summed E-state index contributed by atoms with van der Waals surface area (Å²) >= 11 is 0. The van der Waals surface area contributed by atoms with Crippen LogP contribution in [-0.2, 0) is 0 Å². The third-order valence-corrected chi connectivity index (χ3v) is 2.62. The Labute approximate surface area is 87.6 Å². The molecule has 0 aliphatic heterocycles. The summed E-state index contributed by atoms with van der Waals surface area (Å²) in [4.78, 5) is 20.2. The van der Waals surface area contributed by atoms with Crippen molar-refractivity contribution in [3.8, 4) is 0 Å². The van der Waals surface area contributed by atoms with Crippen LogP contribution < -0.4 is 5.56 Å². The molecule has 0 saturated carbocycles. The van der Waals surface area contributed by atoms with Crippen molar-refractivity contribution in [2.24, 2.45) is 0 Å². The number of pyridine rings is 1. The van der Waals surface area contributed by atoms with E-state index < -0.39 is 0 Å². The third-order valence-electron chi connectivity index (χ3n) is 2.62. The molecule has 1 atom stereocenters. The molecule has 4 heteroatoms. The Kier molecular flexibility index (Phi) is 2.49. The van der Waals surface area contributed by atoms with Crippen molar-refractivity contribution in [1.29, 1.82) is 0 Å². The van der Waals surface area contributed by atoms with Gasteiger partial charge in [0, 0.05) is 12.2 Å². The van der Waals surface area contributed by atoms with Gasteiger partial charge < -0.3 is 0 Å². The van der Waals surface area contributed by atoms with Gasteiger partial charge >= 0.3 is 0 Å². The smallest absolute Gasteiger partial charge is 0.263 e. The number of hydrogen-bond donors (Lipinski definition) is 0. The Morgan fingerprint density at radius 1 is 1.47 bits per heavy atom. The maximum absolute atomic E-state index is 12.0. The summed E-state index contributed by atoms with van der Waals surface area (Å²) in [6, 6.07) is 3.69. The summed E-state index contributed by atoms with van der Waals surface area (Å²) in [5.41, 5.74) is 0.504. The van der Waals surface area contributed by atoms with Crippen LogP contribution in [0.25, 0.3) is 11.0 Å². The average molecular weight is 203 g/mol. The summed E-state index contributed by atoms with van der Waals surface area (Å²) < 4.78 is 1.66. The summed E-state index contributed by atoms with van der Waals surface area (Å²) in [5, 5.41) is 0.584. The van der Waals surface area contributed by atoms with Gasteiger partial charge in [-0.05, 0) is 25.5 Å². The molecule has 0 aliphatic rings. The van der Waals surface area contributed by atoms with Crippen LogP contribution in [0.1, 0.15) is 26.3 Å². The van der Waals surface area contributed by atoms with Crippen LogP contribution in [0.5, 0.6) is 0 Å². The van der Waals surface area contributed by atoms with Gasteiger partial charge in [-0.2, -0.15) is 0 Å². The lowest BCUT2D eigenvalue weighted by Gasteiger charge is -2.12. The first-order valence-corrected chi connectivity index (χ1v) is 5.06. The van der Waals surface area contributed by atoms with Crippen LogP contribution in [0, 0.1) is 0 Å². The van der Waals surface area contributed by atoms with Crippen molar-refractivity contribution in [2.75, 3.05) is 0 Å². The molecule has 0 N–H and O–H groups in total. The predicted octanol–water partition coefficient (Wildman–Crippen LogP) is 1.76. The average Bonchev–Trinajstić information content (AvgIpc) is 2.29. The number of nitrogens with zero attached hydrogens (tertiary/aromatic N) is 3. The van der Waals surface area contributed by atoms with Crippen LogP contribution in [0.2, 0.25) is 0 Å². The quantitative estimate of drug-likeness (QED) is 0.747. The van der Waals surface area contributed by atoms with Crippen LogP contribution in [-0.4, -0.2) is 14.5 Å². The van der Waals surface area contributed by atoms with E-state index in [1.807, 2.05) is 13.8 Å². The first-order chi connectivity index (χ1) is 7.24. The number of fused-ring (bicyclic) bond motifs is 1. The van der Waals surface area contributed by atoms with Crippen molar-refractivity contribution in [3.63, 3.8) is 0 Å². The first-order valence-electron chi connectivity index (χ1n) is 5.06. The topological polar surface area (TPSA) is 47.8 Å². The molecule has 0 radical (unpaired) electrons. The van der Waals surface area contributed by atoms with Crippen molar-refractivity contribution >= 4 is 11.0 Å². The Morgan fingerprint density at radius 2 is 2.27 bits per heavy atom. The molecule has 0 aromatic carbocycles. The summed E-state index contributed by atoms with van der Waals surface area (Å²) in [6.07, 6.45) is 4.13. The molecule has 0 spiro atoms. The first kappa shape index (κ1) is 9.83. The van der Waals surface area contributed by atoms with E-state index in [-0.39, 0.29) is 11.6 Å². The third kappa shape index (κ3) is 1.63. The minimum atomic E-state index is -0.0116. The summed E-state index contributed by atoms with van der Waals surface area (Å²) in [7, 11) is 0. The lowest BCUT2D eigenvalue weighted by molar-refractivity contribution is 0.510. The zero-order valence-electron chi connectivity index (χ0n) is 8.84. The number of rotatable bonds is 2. The van der Waals surface area contributed by atoms with Gasteiger partial charge in [0.05, 0.1) is 5.39 Å². The van der Waals surface area contributed by atoms with E-state index in [1.54, 1.807) is 29.2 Å². The highest BCUT2D eigenvalue weighted by Crippen LogP contribution is 2.08. The Bertz CT molecular complexity index is 533. The van der Waals surface area contributed by atoms with Gasteiger partial charge in [-0.25, -0.2) is 9.97 Å². The maximum atomic E-state index is 12.0. The van der Waals surface area contributed by atoms with Crippen LogP contribution in [0.4, 0.5) is 0 Å². The lowest BCUT2D eigenvalue weighted by atomic mass is 10.2. The molecular weight excluding hydrogens is 190 g/mol. The molecule has 2 aromatic rings. The predicted molar refractivity (Wildman–Crippen MR) is 58.8 cm³/mol. The second kappa shape index (κ2) is 3.81. The molecule has 2 heterocycles. The molecule has 2 rings (SSSR count). The second-order valence-corrected chi connectivity index (χ2v) is 3.59. The molecule has 0 saturated heterocycles. The summed E-state index contributed by atoms with van der Waals surface area (Å²) in [5.74, 6) is 0. The molecule has 15 heavy (non-hydrogen) atoms. The van der Waals surface area contributed by atoms with Crippen molar-refractivity contribution < 1.29 is 0 Å². The van der Waals surface area contributed by atoms with Gasteiger partial charge in [-0.3, -0.25) is 9.36 Å². The molecule has 78 valence electrons. The van der Waals surface area contributed by atoms with Crippen molar-refractivity contribution in [2.45, 2.75) is 26.3 Å². The highest BCUT2D eigenvalue weighted by Gasteiger charge is 2.07. The monoisotopic (exact) mass is 203 g/mol. The van der Waals surface area contributed by atoms with Gasteiger partial charge in [0.2, 0.25) is 0 Å². The molecule has 0 aliphatic carbocycles. The van der Waals surface area contributed by atoms with Gasteiger partial charge in [-0.1, -0.05) is 6.92 Å². The zero-order valence-corrected chi connectivity index (χ0v) is 8.84. The Morgan fingerprint density at radius 3 is 3.00 bits per heavy atom. The Hall–Kier alpha value is -1.71. The maximum Gasteiger partial charge on any atom is 0.263 e. The van der Waals surface area contributed by atoms with Gasteiger partial charge in [0.1, 0.15) is 6.33 Å². The summed E-state index contributed by atoms with van der Waals surface area (Å²) in [6.45, 7) is 4.05. The highest BCUT2D eigenvalue weighted by atomic mass is 16.1. The molecule has 1 unspecified atom stereocenters. The second-order valence-electron chi connectivity index (χ2n) is 3.59. The molecule has 0 fully saturated rings. The van der Waals surface area contributed by atoms with E-state index in [0.29, 0.717) is 11.0 Å². The largest absolute Gasteiger partial charge is 0.296 e. The fraction of sp³-hybridized carbons (Fsp3) is 0.364.